The maximum absolute atomic E-state index is 12.2. The molecule has 0 saturated carbocycles. The van der Waals surface area contributed by atoms with Gasteiger partial charge in [-0.1, -0.05) is 6.07 Å². The molecule has 0 radical (unpaired) electrons. The Hall–Kier alpha value is -1.88. The van der Waals surface area contributed by atoms with Gasteiger partial charge >= 0.3 is 0 Å². The smallest absolute Gasteiger partial charge is 0.252 e. The quantitative estimate of drug-likeness (QED) is 0.828. The van der Waals surface area contributed by atoms with Crippen molar-refractivity contribution in [1.29, 1.82) is 0 Å². The summed E-state index contributed by atoms with van der Waals surface area (Å²) >= 11 is 0. The number of amides is 2. The van der Waals surface area contributed by atoms with Gasteiger partial charge < -0.3 is 10.1 Å². The van der Waals surface area contributed by atoms with E-state index in [-0.39, 0.29) is 18.2 Å². The molecule has 1 aliphatic rings. The van der Waals surface area contributed by atoms with Crippen molar-refractivity contribution < 1.29 is 14.3 Å². The van der Waals surface area contributed by atoms with Crippen LogP contribution in [0.15, 0.2) is 18.2 Å². The van der Waals surface area contributed by atoms with Crippen LogP contribution in [0.3, 0.4) is 0 Å². The van der Waals surface area contributed by atoms with Crippen molar-refractivity contribution >= 4 is 17.5 Å². The zero-order valence-corrected chi connectivity index (χ0v) is 12.1. The lowest BCUT2D eigenvalue weighted by Gasteiger charge is -2.16. The third kappa shape index (κ3) is 3.17. The monoisotopic (exact) mass is 276 g/mol. The Morgan fingerprint density at radius 3 is 2.50 bits per heavy atom. The third-order valence-electron chi connectivity index (χ3n) is 3.33. The normalized spacial score (nSPS) is 18.8. The zero-order chi connectivity index (χ0) is 14.7. The van der Waals surface area contributed by atoms with Crippen molar-refractivity contribution in [2.45, 2.75) is 26.3 Å². The summed E-state index contributed by atoms with van der Waals surface area (Å²) in [7, 11) is 1.55. The Bertz CT molecular complexity index is 508. The molecule has 1 atom stereocenters. The van der Waals surface area contributed by atoms with E-state index in [1.807, 2.05) is 26.0 Å². The molecule has 0 aromatic heterocycles. The highest BCUT2D eigenvalue weighted by molar-refractivity contribution is 6.06. The number of nitrogens with zero attached hydrogens (tertiary/aromatic N) is 1. The summed E-state index contributed by atoms with van der Waals surface area (Å²) < 4.78 is 4.92. The average Bonchev–Trinajstić information content (AvgIpc) is 2.61. The summed E-state index contributed by atoms with van der Waals surface area (Å²) in [5, 5.41) is 3.16. The van der Waals surface area contributed by atoms with Crippen molar-refractivity contribution in [3.05, 3.63) is 29.3 Å². The van der Waals surface area contributed by atoms with Crippen molar-refractivity contribution in [2.24, 2.45) is 0 Å². The number of hydrogen-bond acceptors (Lipinski definition) is 4. The standard InChI is InChI=1S/C15H20N2O3/c1-10-6-11(2)8-12(7-10)16-13-9-14(18)17(15(13)19)4-5-20-3/h6-8,13,16H,4-5,9H2,1-3H3. The van der Waals surface area contributed by atoms with E-state index in [4.69, 9.17) is 4.74 Å². The SMILES string of the molecule is COCCN1C(=O)CC(Nc2cc(C)cc(C)c2)C1=O. The van der Waals surface area contributed by atoms with Gasteiger partial charge in [0, 0.05) is 12.8 Å². The maximum atomic E-state index is 12.2. The van der Waals surface area contributed by atoms with Crippen LogP contribution in [0.1, 0.15) is 17.5 Å². The fourth-order valence-electron chi connectivity index (χ4n) is 2.47. The first-order valence-electron chi connectivity index (χ1n) is 6.69. The van der Waals surface area contributed by atoms with Crippen LogP contribution in [-0.2, 0) is 14.3 Å². The first-order valence-corrected chi connectivity index (χ1v) is 6.69. The molecule has 5 nitrogen and oxygen atoms in total. The Morgan fingerprint density at radius 2 is 1.90 bits per heavy atom. The molecule has 0 aliphatic carbocycles. The van der Waals surface area contributed by atoms with Crippen molar-refractivity contribution in [3.8, 4) is 0 Å². The van der Waals surface area contributed by atoms with Crippen LogP contribution < -0.4 is 5.32 Å². The predicted molar refractivity (Wildman–Crippen MR) is 76.5 cm³/mol. The molecule has 2 amide bonds. The van der Waals surface area contributed by atoms with Crippen LogP contribution in [0.2, 0.25) is 0 Å². The minimum Gasteiger partial charge on any atom is -0.383 e. The number of anilines is 1. The minimum atomic E-state index is -0.472. The fraction of sp³-hybridized carbons (Fsp3) is 0.467. The topological polar surface area (TPSA) is 58.6 Å². The molecule has 1 fully saturated rings. The predicted octanol–water partition coefficient (Wildman–Crippen LogP) is 1.49. The van der Waals surface area contributed by atoms with Gasteiger partial charge in [0.25, 0.3) is 5.91 Å². The first kappa shape index (κ1) is 14.5. The van der Waals surface area contributed by atoms with Crippen molar-refractivity contribution in [1.82, 2.24) is 4.90 Å². The Morgan fingerprint density at radius 1 is 1.25 bits per heavy atom. The van der Waals surface area contributed by atoms with Gasteiger partial charge in [0.1, 0.15) is 6.04 Å². The van der Waals surface area contributed by atoms with Gasteiger partial charge in [0.15, 0.2) is 0 Å². The van der Waals surface area contributed by atoms with Crippen LogP contribution in [0, 0.1) is 13.8 Å². The fourth-order valence-corrected chi connectivity index (χ4v) is 2.47. The first-order chi connectivity index (χ1) is 9.51. The van der Waals surface area contributed by atoms with Gasteiger partial charge in [-0.2, -0.15) is 0 Å². The van der Waals surface area contributed by atoms with Gasteiger partial charge in [-0.25, -0.2) is 0 Å². The largest absolute Gasteiger partial charge is 0.383 e. The van der Waals surface area contributed by atoms with E-state index in [1.54, 1.807) is 7.11 Å². The number of methoxy groups -OCH3 is 1. The molecule has 5 heteroatoms. The Kier molecular flexibility index (Phi) is 4.39. The number of benzene rings is 1. The lowest BCUT2D eigenvalue weighted by atomic mass is 10.1. The molecule has 1 aromatic carbocycles. The highest BCUT2D eigenvalue weighted by Crippen LogP contribution is 2.20. The summed E-state index contributed by atoms with van der Waals surface area (Å²) in [6.45, 7) is 4.70. The highest BCUT2D eigenvalue weighted by atomic mass is 16.5. The number of hydrogen-bond donors (Lipinski definition) is 1. The van der Waals surface area contributed by atoms with Crippen LogP contribution >= 0.6 is 0 Å². The Labute approximate surface area is 118 Å². The van der Waals surface area contributed by atoms with E-state index in [0.717, 1.165) is 16.8 Å². The van der Waals surface area contributed by atoms with E-state index in [1.165, 1.54) is 4.90 Å². The molecule has 1 aliphatic heterocycles. The van der Waals surface area contributed by atoms with Crippen molar-refractivity contribution in [3.63, 3.8) is 0 Å². The summed E-state index contributed by atoms with van der Waals surface area (Å²) in [6.07, 6.45) is 0.204. The lowest BCUT2D eigenvalue weighted by molar-refractivity contribution is -0.139. The second-order valence-corrected chi connectivity index (χ2v) is 5.15. The van der Waals surface area contributed by atoms with Crippen LogP contribution in [0.5, 0.6) is 0 Å². The number of rotatable bonds is 5. The van der Waals surface area contributed by atoms with Crippen LogP contribution in [0.25, 0.3) is 0 Å². The highest BCUT2D eigenvalue weighted by Gasteiger charge is 2.38. The van der Waals surface area contributed by atoms with E-state index in [2.05, 4.69) is 11.4 Å². The van der Waals surface area contributed by atoms with Gasteiger partial charge in [-0.3, -0.25) is 14.5 Å². The van der Waals surface area contributed by atoms with Gasteiger partial charge in [0.05, 0.1) is 19.6 Å². The number of ether oxygens (including phenoxy) is 1. The van der Waals surface area contributed by atoms with Gasteiger partial charge in [-0.15, -0.1) is 0 Å². The third-order valence-corrected chi connectivity index (χ3v) is 3.33. The Balaban J connectivity index is 2.07. The number of carbonyl (C=O) groups is 2. The van der Waals surface area contributed by atoms with Gasteiger partial charge in [-0.05, 0) is 37.1 Å². The molecule has 1 saturated heterocycles. The van der Waals surface area contributed by atoms with Crippen LogP contribution in [-0.4, -0.2) is 43.0 Å². The maximum Gasteiger partial charge on any atom is 0.252 e. The molecule has 1 heterocycles. The number of aryl methyl sites for hydroxylation is 2. The molecule has 1 aromatic rings. The molecule has 1 unspecified atom stereocenters. The van der Waals surface area contributed by atoms with Gasteiger partial charge in [0.2, 0.25) is 5.91 Å². The molecule has 2 rings (SSSR count). The summed E-state index contributed by atoms with van der Waals surface area (Å²) in [6, 6.07) is 5.54. The zero-order valence-electron chi connectivity index (χ0n) is 12.1. The molecule has 1 N–H and O–H groups in total. The van der Waals surface area contributed by atoms with E-state index in [0.29, 0.717) is 13.2 Å². The lowest BCUT2D eigenvalue weighted by Crippen LogP contribution is -2.36. The molecule has 20 heavy (non-hydrogen) atoms. The number of carbonyl (C=O) groups excluding carboxylic acids is 2. The van der Waals surface area contributed by atoms with Crippen LogP contribution in [0.4, 0.5) is 5.69 Å². The number of nitrogens with one attached hydrogen (secondary N) is 1. The second-order valence-electron chi connectivity index (χ2n) is 5.15. The van der Waals surface area contributed by atoms with Crippen molar-refractivity contribution in [2.75, 3.05) is 25.6 Å². The summed E-state index contributed by atoms with van der Waals surface area (Å²) in [4.78, 5) is 25.3. The number of likely N-dealkylation sites (tertiary alicyclic amines) is 1. The van der Waals surface area contributed by atoms with E-state index >= 15 is 0 Å². The molecule has 108 valence electrons. The van der Waals surface area contributed by atoms with E-state index < -0.39 is 6.04 Å². The van der Waals surface area contributed by atoms with E-state index in [9.17, 15) is 9.59 Å². The second kappa shape index (κ2) is 6.05. The average molecular weight is 276 g/mol. The summed E-state index contributed by atoms with van der Waals surface area (Å²) in [5.74, 6) is -0.319. The molecular weight excluding hydrogens is 256 g/mol. The summed E-state index contributed by atoms with van der Waals surface area (Å²) in [5.41, 5.74) is 3.13. The molecular formula is C15H20N2O3. The molecule has 0 spiro atoms. The molecule has 0 bridgehead atoms. The minimum absolute atomic E-state index is 0.145. The number of imide groups is 1.